The summed E-state index contributed by atoms with van der Waals surface area (Å²) in [7, 11) is 0. The second-order valence-electron chi connectivity index (χ2n) is 5.44. The fourth-order valence-corrected chi connectivity index (χ4v) is 1.51. The van der Waals surface area contributed by atoms with Gasteiger partial charge in [-0.25, -0.2) is 9.86 Å². The Labute approximate surface area is 125 Å². The molecule has 6 nitrogen and oxygen atoms in total. The van der Waals surface area contributed by atoms with E-state index in [4.69, 9.17) is 9.57 Å². The molecule has 1 N–H and O–H groups in total. The van der Waals surface area contributed by atoms with E-state index in [9.17, 15) is 9.59 Å². The van der Waals surface area contributed by atoms with Gasteiger partial charge in [0.25, 0.3) is 0 Å². The van der Waals surface area contributed by atoms with Crippen molar-refractivity contribution in [1.82, 2.24) is 10.4 Å². The third kappa shape index (κ3) is 7.94. The Bertz CT molecular complexity index is 443. The standard InChI is InChI=1S/C15H22N2O4/c1-15(2,3)21-17(12-18)10-9-16-14(19)20-11-13-7-5-4-6-8-13/h4-8,12H,9-11H2,1-3H3,(H,16,19). The van der Waals surface area contributed by atoms with Crippen LogP contribution in [0, 0.1) is 0 Å². The molecule has 0 unspecified atom stereocenters. The number of hydrogen-bond donors (Lipinski definition) is 1. The first-order valence-electron chi connectivity index (χ1n) is 6.76. The van der Waals surface area contributed by atoms with Gasteiger partial charge >= 0.3 is 6.09 Å². The Morgan fingerprint density at radius 3 is 2.52 bits per heavy atom. The highest BCUT2D eigenvalue weighted by atomic mass is 16.7. The Morgan fingerprint density at radius 2 is 1.95 bits per heavy atom. The van der Waals surface area contributed by atoms with Crippen LogP contribution in [-0.2, 0) is 21.0 Å². The molecule has 0 radical (unpaired) electrons. The lowest BCUT2D eigenvalue weighted by molar-refractivity contribution is -0.215. The molecule has 1 aromatic carbocycles. The van der Waals surface area contributed by atoms with E-state index < -0.39 is 11.7 Å². The zero-order valence-corrected chi connectivity index (χ0v) is 12.7. The molecule has 116 valence electrons. The molecule has 1 rings (SSSR count). The molecule has 0 atom stereocenters. The van der Waals surface area contributed by atoms with E-state index >= 15 is 0 Å². The molecule has 1 aromatic rings. The van der Waals surface area contributed by atoms with Crippen LogP contribution in [0.25, 0.3) is 0 Å². The highest BCUT2D eigenvalue weighted by Crippen LogP contribution is 2.08. The number of nitrogens with one attached hydrogen (secondary N) is 1. The van der Waals surface area contributed by atoms with Crippen molar-refractivity contribution in [2.75, 3.05) is 13.1 Å². The van der Waals surface area contributed by atoms with E-state index in [1.807, 2.05) is 51.1 Å². The first-order chi connectivity index (χ1) is 9.90. The molecule has 6 heteroatoms. The summed E-state index contributed by atoms with van der Waals surface area (Å²) >= 11 is 0. The van der Waals surface area contributed by atoms with Crippen LogP contribution < -0.4 is 5.32 Å². The topological polar surface area (TPSA) is 67.9 Å². The average molecular weight is 294 g/mol. The fraction of sp³-hybridized carbons (Fsp3) is 0.467. The van der Waals surface area contributed by atoms with Crippen LogP contribution in [0.1, 0.15) is 26.3 Å². The van der Waals surface area contributed by atoms with Crippen molar-refractivity contribution >= 4 is 12.5 Å². The molecule has 0 aliphatic rings. The predicted molar refractivity (Wildman–Crippen MR) is 78.2 cm³/mol. The molecule has 2 amide bonds. The van der Waals surface area contributed by atoms with Crippen LogP contribution in [0.4, 0.5) is 4.79 Å². The van der Waals surface area contributed by atoms with Gasteiger partial charge in [-0.3, -0.25) is 9.63 Å². The number of rotatable bonds is 7. The van der Waals surface area contributed by atoms with Crippen LogP contribution >= 0.6 is 0 Å². The van der Waals surface area contributed by atoms with Crippen LogP contribution in [0.2, 0.25) is 0 Å². The minimum Gasteiger partial charge on any atom is -0.445 e. The minimum absolute atomic E-state index is 0.211. The first kappa shape index (κ1) is 17.0. The van der Waals surface area contributed by atoms with Crippen molar-refractivity contribution in [2.45, 2.75) is 33.0 Å². The lowest BCUT2D eigenvalue weighted by Gasteiger charge is -2.26. The van der Waals surface area contributed by atoms with Crippen molar-refractivity contribution in [3.05, 3.63) is 35.9 Å². The highest BCUT2D eigenvalue weighted by molar-refractivity contribution is 5.67. The quantitative estimate of drug-likeness (QED) is 0.617. The highest BCUT2D eigenvalue weighted by Gasteiger charge is 2.16. The summed E-state index contributed by atoms with van der Waals surface area (Å²) in [6.07, 6.45) is 0.0582. The van der Waals surface area contributed by atoms with Gasteiger partial charge in [0, 0.05) is 6.54 Å². The van der Waals surface area contributed by atoms with Crippen molar-refractivity contribution in [3.8, 4) is 0 Å². The summed E-state index contributed by atoms with van der Waals surface area (Å²) in [4.78, 5) is 27.7. The van der Waals surface area contributed by atoms with Crippen molar-refractivity contribution in [2.24, 2.45) is 0 Å². The van der Waals surface area contributed by atoms with Gasteiger partial charge < -0.3 is 10.1 Å². The number of carbonyl (C=O) groups excluding carboxylic acids is 2. The van der Waals surface area contributed by atoms with Gasteiger partial charge in [0.05, 0.1) is 12.1 Å². The summed E-state index contributed by atoms with van der Waals surface area (Å²) in [6, 6.07) is 9.40. The van der Waals surface area contributed by atoms with Crippen molar-refractivity contribution < 1.29 is 19.2 Å². The van der Waals surface area contributed by atoms with Crippen molar-refractivity contribution in [3.63, 3.8) is 0 Å². The smallest absolute Gasteiger partial charge is 0.407 e. The molecular weight excluding hydrogens is 272 g/mol. The predicted octanol–water partition coefficient (Wildman–Crippen LogP) is 2.10. The van der Waals surface area contributed by atoms with Gasteiger partial charge in [0.1, 0.15) is 6.61 Å². The van der Waals surface area contributed by atoms with Gasteiger partial charge in [-0.2, -0.15) is 0 Å². The maximum atomic E-state index is 11.5. The number of alkyl carbamates (subject to hydrolysis) is 1. The number of hydroxylamine groups is 2. The molecule has 0 aliphatic carbocycles. The number of carbonyl (C=O) groups is 2. The Hall–Kier alpha value is -2.08. The molecule has 21 heavy (non-hydrogen) atoms. The van der Waals surface area contributed by atoms with E-state index in [0.717, 1.165) is 10.6 Å². The molecule has 0 aliphatic heterocycles. The maximum Gasteiger partial charge on any atom is 0.407 e. The van der Waals surface area contributed by atoms with E-state index in [-0.39, 0.29) is 19.7 Å². The van der Waals surface area contributed by atoms with Crippen molar-refractivity contribution in [1.29, 1.82) is 0 Å². The summed E-state index contributed by atoms with van der Waals surface area (Å²) in [5.41, 5.74) is 0.451. The molecule has 0 saturated heterocycles. The number of nitrogens with zero attached hydrogens (tertiary/aromatic N) is 1. The lowest BCUT2D eigenvalue weighted by atomic mass is 10.2. The van der Waals surface area contributed by atoms with Crippen LogP contribution in [-0.4, -0.2) is 36.3 Å². The van der Waals surface area contributed by atoms with Crippen LogP contribution in [0.5, 0.6) is 0 Å². The minimum atomic E-state index is -0.527. The van der Waals surface area contributed by atoms with E-state index in [1.165, 1.54) is 0 Å². The summed E-state index contributed by atoms with van der Waals surface area (Å²) in [5, 5.41) is 3.71. The van der Waals surface area contributed by atoms with Gasteiger partial charge in [-0.15, -0.1) is 0 Å². The first-order valence-corrected chi connectivity index (χ1v) is 6.76. The number of benzene rings is 1. The van der Waals surface area contributed by atoms with Crippen LogP contribution in [0.15, 0.2) is 30.3 Å². The van der Waals surface area contributed by atoms with E-state index in [1.54, 1.807) is 0 Å². The van der Waals surface area contributed by atoms with Gasteiger partial charge in [0.2, 0.25) is 6.41 Å². The molecule has 0 fully saturated rings. The number of hydrogen-bond acceptors (Lipinski definition) is 4. The Kier molecular flexibility index (Phi) is 6.68. The zero-order chi connectivity index (χ0) is 15.7. The SMILES string of the molecule is CC(C)(C)ON(C=O)CCNC(=O)OCc1ccccc1. The molecule has 0 heterocycles. The third-order valence-corrected chi connectivity index (χ3v) is 2.32. The second kappa shape index (κ2) is 8.26. The summed E-state index contributed by atoms with van der Waals surface area (Å²) in [5.74, 6) is 0. The van der Waals surface area contributed by atoms with E-state index in [0.29, 0.717) is 6.41 Å². The Morgan fingerprint density at radius 1 is 1.29 bits per heavy atom. The normalized spacial score (nSPS) is 10.8. The number of amides is 2. The second-order valence-corrected chi connectivity index (χ2v) is 5.44. The maximum absolute atomic E-state index is 11.5. The van der Waals surface area contributed by atoms with Gasteiger partial charge in [-0.1, -0.05) is 30.3 Å². The number of ether oxygens (including phenoxy) is 1. The molecule has 0 bridgehead atoms. The molecule has 0 aromatic heterocycles. The zero-order valence-electron chi connectivity index (χ0n) is 12.7. The summed E-state index contributed by atoms with van der Waals surface area (Å²) < 4.78 is 5.05. The largest absolute Gasteiger partial charge is 0.445 e. The molecular formula is C15H22N2O4. The van der Waals surface area contributed by atoms with Crippen LogP contribution in [0.3, 0.4) is 0 Å². The van der Waals surface area contributed by atoms with Gasteiger partial charge in [-0.05, 0) is 26.3 Å². The average Bonchev–Trinajstić information content (AvgIpc) is 2.44. The Balaban J connectivity index is 2.22. The monoisotopic (exact) mass is 294 g/mol. The lowest BCUT2D eigenvalue weighted by Crippen LogP contribution is -2.38. The summed E-state index contributed by atoms with van der Waals surface area (Å²) in [6.45, 7) is 6.23. The molecule has 0 spiro atoms. The van der Waals surface area contributed by atoms with E-state index in [2.05, 4.69) is 5.32 Å². The third-order valence-electron chi connectivity index (χ3n) is 2.32. The fourth-order valence-electron chi connectivity index (χ4n) is 1.51. The molecule has 0 saturated carbocycles. The van der Waals surface area contributed by atoms with Gasteiger partial charge in [0.15, 0.2) is 0 Å².